The van der Waals surface area contributed by atoms with E-state index in [0.29, 0.717) is 12.4 Å². The van der Waals surface area contributed by atoms with Crippen molar-refractivity contribution in [3.05, 3.63) is 83.6 Å². The van der Waals surface area contributed by atoms with Crippen molar-refractivity contribution in [1.29, 1.82) is 0 Å². The van der Waals surface area contributed by atoms with Gasteiger partial charge in [0.05, 0.1) is 0 Å². The van der Waals surface area contributed by atoms with Crippen LogP contribution in [0, 0.1) is 5.92 Å². The molecule has 0 aromatic heterocycles. The smallest absolute Gasteiger partial charge is 0.329 e. The first kappa shape index (κ1) is 18.3. The number of cyclic esters (lactones) is 1. The molecule has 5 nitrogen and oxygen atoms in total. The Hall–Kier alpha value is -3.47. The lowest BCUT2D eigenvalue weighted by molar-refractivity contribution is -0.151. The molecular formula is C22H18O5. The molecule has 1 aliphatic heterocycles. The fourth-order valence-corrected chi connectivity index (χ4v) is 2.59. The molecule has 0 aliphatic carbocycles. The normalized spacial score (nSPS) is 16.8. The van der Waals surface area contributed by atoms with Crippen molar-refractivity contribution in [1.82, 2.24) is 0 Å². The summed E-state index contributed by atoms with van der Waals surface area (Å²) < 4.78 is 10.6. The lowest BCUT2D eigenvalue weighted by atomic mass is 9.96. The molecular weight excluding hydrogens is 344 g/mol. The molecule has 1 unspecified atom stereocenters. The third-order valence-electron chi connectivity index (χ3n) is 3.98. The van der Waals surface area contributed by atoms with Gasteiger partial charge in [0.15, 0.2) is 17.5 Å². The summed E-state index contributed by atoms with van der Waals surface area (Å²) in [5.41, 5.74) is 1.82. The molecule has 136 valence electrons. The van der Waals surface area contributed by atoms with E-state index in [9.17, 15) is 14.4 Å². The van der Waals surface area contributed by atoms with Gasteiger partial charge in [-0.25, -0.2) is 0 Å². The molecule has 0 saturated heterocycles. The number of hydrogen-bond donors (Lipinski definition) is 0. The summed E-state index contributed by atoms with van der Waals surface area (Å²) in [6.45, 7) is 1.96. The molecule has 0 saturated carbocycles. The fraction of sp³-hybridized carbons (Fsp3) is 0.136. The lowest BCUT2D eigenvalue weighted by Gasteiger charge is -2.15. The average Bonchev–Trinajstić information content (AvgIpc) is 2.65. The van der Waals surface area contributed by atoms with E-state index in [4.69, 9.17) is 9.47 Å². The number of benzene rings is 2. The van der Waals surface area contributed by atoms with E-state index in [2.05, 4.69) is 0 Å². The Morgan fingerprint density at radius 2 is 1.78 bits per heavy atom. The molecule has 0 bridgehead atoms. The van der Waals surface area contributed by atoms with Gasteiger partial charge < -0.3 is 9.47 Å². The zero-order chi connectivity index (χ0) is 19.2. The first-order valence-electron chi connectivity index (χ1n) is 8.45. The van der Waals surface area contributed by atoms with Gasteiger partial charge in [0.25, 0.3) is 0 Å². The largest absolute Gasteiger partial charge is 0.489 e. The van der Waals surface area contributed by atoms with E-state index in [-0.39, 0.29) is 5.76 Å². The second-order valence-corrected chi connectivity index (χ2v) is 6.09. The van der Waals surface area contributed by atoms with Gasteiger partial charge in [-0.2, -0.15) is 0 Å². The number of carbonyl (C=O) groups is 3. The minimum atomic E-state index is -1.42. The molecule has 27 heavy (non-hydrogen) atoms. The quantitative estimate of drug-likeness (QED) is 0.447. The maximum atomic E-state index is 12.2. The number of ether oxygens (including phenoxy) is 2. The van der Waals surface area contributed by atoms with Crippen LogP contribution in [-0.2, 0) is 25.7 Å². The zero-order valence-electron chi connectivity index (χ0n) is 14.8. The molecule has 0 amide bonds. The number of carbonyl (C=O) groups excluding carboxylic acids is 3. The van der Waals surface area contributed by atoms with E-state index in [1.165, 1.54) is 13.0 Å². The summed E-state index contributed by atoms with van der Waals surface area (Å²) in [5, 5.41) is 0. The number of hydrogen-bond acceptors (Lipinski definition) is 5. The maximum absolute atomic E-state index is 12.2. The molecule has 1 aliphatic rings. The second kappa shape index (κ2) is 8.27. The summed E-state index contributed by atoms with van der Waals surface area (Å²) in [6, 6.07) is 17.0. The zero-order valence-corrected chi connectivity index (χ0v) is 14.8. The Bertz CT molecular complexity index is 907. The molecule has 0 radical (unpaired) electrons. The van der Waals surface area contributed by atoms with Crippen molar-refractivity contribution in [3.8, 4) is 5.75 Å². The van der Waals surface area contributed by atoms with Crippen molar-refractivity contribution in [2.75, 3.05) is 0 Å². The van der Waals surface area contributed by atoms with Gasteiger partial charge >= 0.3 is 5.97 Å². The number of esters is 1. The highest BCUT2D eigenvalue weighted by Crippen LogP contribution is 2.18. The number of rotatable bonds is 6. The van der Waals surface area contributed by atoms with Crippen LogP contribution in [0.5, 0.6) is 5.75 Å². The van der Waals surface area contributed by atoms with Crippen molar-refractivity contribution in [2.45, 2.75) is 13.5 Å². The van der Waals surface area contributed by atoms with Crippen LogP contribution >= 0.6 is 0 Å². The Balaban J connectivity index is 1.60. The number of allylic oxidation sites excluding steroid dienone is 3. The summed E-state index contributed by atoms with van der Waals surface area (Å²) in [6.07, 6.45) is 3.93. The van der Waals surface area contributed by atoms with Gasteiger partial charge in [-0.3, -0.25) is 14.4 Å². The average molecular weight is 362 g/mol. The number of ketones is 2. The summed E-state index contributed by atoms with van der Waals surface area (Å²) >= 11 is 0. The Morgan fingerprint density at radius 1 is 1.07 bits per heavy atom. The first-order valence-corrected chi connectivity index (χ1v) is 8.45. The van der Waals surface area contributed by atoms with Gasteiger partial charge in [-0.15, -0.1) is 0 Å². The molecule has 2 aromatic rings. The summed E-state index contributed by atoms with van der Waals surface area (Å²) in [4.78, 5) is 35.8. The monoisotopic (exact) mass is 362 g/mol. The third kappa shape index (κ3) is 4.79. The van der Waals surface area contributed by atoms with Crippen LogP contribution < -0.4 is 4.74 Å². The first-order chi connectivity index (χ1) is 13.0. The Kier molecular flexibility index (Phi) is 5.61. The van der Waals surface area contributed by atoms with E-state index < -0.39 is 23.5 Å². The Labute approximate surface area is 156 Å². The summed E-state index contributed by atoms with van der Waals surface area (Å²) in [7, 11) is 0. The van der Waals surface area contributed by atoms with Crippen LogP contribution in [0.25, 0.3) is 6.08 Å². The molecule has 3 rings (SSSR count). The predicted octanol–water partition coefficient (Wildman–Crippen LogP) is 3.49. The molecule has 5 heteroatoms. The highest BCUT2D eigenvalue weighted by atomic mass is 16.5. The van der Waals surface area contributed by atoms with Crippen molar-refractivity contribution < 1.29 is 23.9 Å². The molecule has 2 aromatic carbocycles. The standard InChI is InChI=1S/C22H18O5/c1-15-13-20(24)21(22(25)27-15)19(23)12-9-16-7-10-18(11-8-16)26-14-17-5-3-2-4-6-17/h2-13,21H,14H2,1H3. The lowest BCUT2D eigenvalue weighted by Crippen LogP contribution is -2.34. The van der Waals surface area contributed by atoms with Crippen LogP contribution in [0.3, 0.4) is 0 Å². The molecule has 1 atom stereocenters. The van der Waals surface area contributed by atoms with E-state index in [1.54, 1.807) is 30.3 Å². The van der Waals surface area contributed by atoms with Gasteiger partial charge in [0.2, 0.25) is 0 Å². The SMILES string of the molecule is CC1=CC(=O)C(C(=O)C=Cc2ccc(OCc3ccccc3)cc2)C(=O)O1. The van der Waals surface area contributed by atoms with Crippen LogP contribution in [0.2, 0.25) is 0 Å². The summed E-state index contributed by atoms with van der Waals surface area (Å²) in [5.74, 6) is -2.50. The second-order valence-electron chi connectivity index (χ2n) is 6.09. The van der Waals surface area contributed by atoms with Crippen LogP contribution in [0.15, 0.2) is 72.5 Å². The van der Waals surface area contributed by atoms with Crippen LogP contribution in [0.4, 0.5) is 0 Å². The van der Waals surface area contributed by atoms with Crippen LogP contribution in [0.1, 0.15) is 18.1 Å². The van der Waals surface area contributed by atoms with E-state index in [0.717, 1.165) is 17.2 Å². The van der Waals surface area contributed by atoms with Gasteiger partial charge in [0.1, 0.15) is 18.1 Å². The van der Waals surface area contributed by atoms with Gasteiger partial charge in [-0.1, -0.05) is 48.5 Å². The minimum absolute atomic E-state index is 0.198. The van der Waals surface area contributed by atoms with Crippen molar-refractivity contribution in [2.24, 2.45) is 5.92 Å². The molecule has 0 fully saturated rings. The molecule has 0 N–H and O–H groups in total. The maximum Gasteiger partial charge on any atom is 0.329 e. The topological polar surface area (TPSA) is 69.7 Å². The van der Waals surface area contributed by atoms with Crippen molar-refractivity contribution in [3.63, 3.8) is 0 Å². The third-order valence-corrected chi connectivity index (χ3v) is 3.98. The fourth-order valence-electron chi connectivity index (χ4n) is 2.59. The minimum Gasteiger partial charge on any atom is -0.489 e. The van der Waals surface area contributed by atoms with E-state index in [1.807, 2.05) is 30.3 Å². The van der Waals surface area contributed by atoms with Gasteiger partial charge in [-0.05, 0) is 36.3 Å². The Morgan fingerprint density at radius 3 is 2.44 bits per heavy atom. The predicted molar refractivity (Wildman–Crippen MR) is 99.6 cm³/mol. The molecule has 1 heterocycles. The highest BCUT2D eigenvalue weighted by molar-refractivity contribution is 6.25. The van der Waals surface area contributed by atoms with Gasteiger partial charge in [0, 0.05) is 6.08 Å². The van der Waals surface area contributed by atoms with Crippen LogP contribution in [-0.4, -0.2) is 17.5 Å². The highest BCUT2D eigenvalue weighted by Gasteiger charge is 2.36. The van der Waals surface area contributed by atoms with Crippen molar-refractivity contribution >= 4 is 23.6 Å². The molecule has 0 spiro atoms. The van der Waals surface area contributed by atoms with E-state index >= 15 is 0 Å².